The van der Waals surface area contributed by atoms with Gasteiger partial charge in [0.15, 0.2) is 0 Å². The van der Waals surface area contributed by atoms with E-state index in [2.05, 4.69) is 38.5 Å². The van der Waals surface area contributed by atoms with E-state index in [0.717, 1.165) is 17.4 Å². The fourth-order valence-corrected chi connectivity index (χ4v) is 2.73. The summed E-state index contributed by atoms with van der Waals surface area (Å²) >= 11 is 3.34. The van der Waals surface area contributed by atoms with Crippen molar-refractivity contribution in [3.63, 3.8) is 0 Å². The molecule has 0 aliphatic carbocycles. The van der Waals surface area contributed by atoms with Crippen LogP contribution in [-0.4, -0.2) is 39.7 Å². The molecule has 0 fully saturated rings. The van der Waals surface area contributed by atoms with Gasteiger partial charge in [-0.15, -0.1) is 0 Å². The molecule has 1 amide bonds. The van der Waals surface area contributed by atoms with Crippen molar-refractivity contribution < 1.29 is 9.00 Å². The summed E-state index contributed by atoms with van der Waals surface area (Å²) in [6, 6.07) is 1.73. The molecule has 0 aliphatic heterocycles. The Morgan fingerprint density at radius 1 is 1.52 bits per heavy atom. The van der Waals surface area contributed by atoms with E-state index in [9.17, 15) is 9.00 Å². The maximum atomic E-state index is 12.3. The largest absolute Gasteiger partial charge is 0.369 e. The molecular weight excluding hydrogens is 354 g/mol. The van der Waals surface area contributed by atoms with Crippen LogP contribution in [0.15, 0.2) is 16.7 Å². The van der Waals surface area contributed by atoms with Crippen LogP contribution >= 0.6 is 15.9 Å². The molecule has 0 aromatic carbocycles. The Kier molecular flexibility index (Phi) is 7.88. The topological polar surface area (TPSA) is 71.1 Å². The quantitative estimate of drug-likeness (QED) is 0.732. The first-order valence-electron chi connectivity index (χ1n) is 6.94. The van der Waals surface area contributed by atoms with Crippen LogP contribution in [-0.2, 0) is 10.8 Å². The van der Waals surface area contributed by atoms with E-state index in [4.69, 9.17) is 0 Å². The molecule has 21 heavy (non-hydrogen) atoms. The van der Waals surface area contributed by atoms with Crippen molar-refractivity contribution in [2.24, 2.45) is 0 Å². The molecule has 1 rings (SSSR count). The van der Waals surface area contributed by atoms with Crippen molar-refractivity contribution in [1.29, 1.82) is 0 Å². The summed E-state index contributed by atoms with van der Waals surface area (Å²) in [4.78, 5) is 16.6. The lowest BCUT2D eigenvalue weighted by Crippen LogP contribution is -2.34. The Labute approximate surface area is 136 Å². The molecule has 5 nitrogen and oxygen atoms in total. The van der Waals surface area contributed by atoms with Gasteiger partial charge in [-0.3, -0.25) is 9.00 Å². The number of amides is 1. The van der Waals surface area contributed by atoms with Crippen molar-refractivity contribution in [3.05, 3.63) is 22.3 Å². The number of aromatic nitrogens is 1. The van der Waals surface area contributed by atoms with Gasteiger partial charge in [0.05, 0.1) is 5.56 Å². The summed E-state index contributed by atoms with van der Waals surface area (Å²) in [6.45, 7) is 4.73. The van der Waals surface area contributed by atoms with E-state index in [-0.39, 0.29) is 11.9 Å². The first-order valence-corrected chi connectivity index (χ1v) is 9.46. The number of halogens is 1. The zero-order valence-electron chi connectivity index (χ0n) is 12.6. The second-order valence-corrected chi connectivity index (χ2v) is 7.39. The fourth-order valence-electron chi connectivity index (χ4n) is 1.71. The Hall–Kier alpha value is -0.950. The molecule has 0 bridgehead atoms. The monoisotopic (exact) mass is 375 g/mol. The van der Waals surface area contributed by atoms with E-state index < -0.39 is 10.8 Å². The standard InChI is InChI=1S/C14H22BrN3O2S/c1-4-6-16-13-12(8-11(15)9-17-13)14(19)18-10(2)5-7-21(3)20/h8-10H,4-7H2,1-3H3,(H,16,17)(H,18,19). The molecule has 0 saturated carbocycles. The van der Waals surface area contributed by atoms with Gasteiger partial charge >= 0.3 is 0 Å². The maximum absolute atomic E-state index is 12.3. The maximum Gasteiger partial charge on any atom is 0.255 e. The highest BCUT2D eigenvalue weighted by Gasteiger charge is 2.15. The summed E-state index contributed by atoms with van der Waals surface area (Å²) in [7, 11) is -0.841. The smallest absolute Gasteiger partial charge is 0.255 e. The second-order valence-electron chi connectivity index (χ2n) is 4.92. The molecule has 1 aromatic heterocycles. The van der Waals surface area contributed by atoms with E-state index in [1.165, 1.54) is 0 Å². The summed E-state index contributed by atoms with van der Waals surface area (Å²) in [5, 5.41) is 6.07. The third kappa shape index (κ3) is 6.56. The number of rotatable bonds is 8. The Morgan fingerprint density at radius 3 is 2.86 bits per heavy atom. The highest BCUT2D eigenvalue weighted by Crippen LogP contribution is 2.18. The van der Waals surface area contributed by atoms with Crippen LogP contribution in [0, 0.1) is 0 Å². The lowest BCUT2D eigenvalue weighted by atomic mass is 10.2. The second kappa shape index (κ2) is 9.15. The van der Waals surface area contributed by atoms with Gasteiger partial charge in [-0.25, -0.2) is 4.98 Å². The third-order valence-corrected chi connectivity index (χ3v) is 4.10. The van der Waals surface area contributed by atoms with Crippen molar-refractivity contribution in [2.75, 3.05) is 23.9 Å². The molecule has 0 aliphatic rings. The molecule has 1 heterocycles. The average Bonchev–Trinajstić information content (AvgIpc) is 2.43. The van der Waals surface area contributed by atoms with Crippen LogP contribution in [0.5, 0.6) is 0 Å². The number of hydrogen-bond acceptors (Lipinski definition) is 4. The van der Waals surface area contributed by atoms with Gasteiger partial charge < -0.3 is 10.6 Å². The van der Waals surface area contributed by atoms with Crippen molar-refractivity contribution in [3.8, 4) is 0 Å². The molecule has 0 saturated heterocycles. The minimum atomic E-state index is -0.841. The molecule has 0 spiro atoms. The fraction of sp³-hybridized carbons (Fsp3) is 0.571. The molecule has 0 radical (unpaired) electrons. The van der Waals surface area contributed by atoms with Gasteiger partial charge in [-0.1, -0.05) is 6.92 Å². The minimum absolute atomic E-state index is 0.0283. The normalized spacial score (nSPS) is 13.5. The van der Waals surface area contributed by atoms with Crippen LogP contribution in [0.4, 0.5) is 5.82 Å². The minimum Gasteiger partial charge on any atom is -0.369 e. The third-order valence-electron chi connectivity index (χ3n) is 2.86. The number of carbonyl (C=O) groups excluding carboxylic acids is 1. The SMILES string of the molecule is CCCNc1ncc(Br)cc1C(=O)NC(C)CCS(C)=O. The summed E-state index contributed by atoms with van der Waals surface area (Å²) in [5.41, 5.74) is 0.516. The molecule has 1 aromatic rings. The van der Waals surface area contributed by atoms with Crippen LogP contribution in [0.3, 0.4) is 0 Å². The number of anilines is 1. The van der Waals surface area contributed by atoms with Crippen molar-refractivity contribution in [2.45, 2.75) is 32.7 Å². The summed E-state index contributed by atoms with van der Waals surface area (Å²) in [6.07, 6.45) is 4.98. The first kappa shape index (κ1) is 18.1. The summed E-state index contributed by atoms with van der Waals surface area (Å²) in [5.74, 6) is 1.000. The zero-order valence-corrected chi connectivity index (χ0v) is 15.0. The van der Waals surface area contributed by atoms with E-state index in [1.54, 1.807) is 18.5 Å². The van der Waals surface area contributed by atoms with Crippen LogP contribution in [0.25, 0.3) is 0 Å². The number of hydrogen-bond donors (Lipinski definition) is 2. The molecule has 7 heteroatoms. The molecule has 2 N–H and O–H groups in total. The predicted octanol–water partition coefficient (Wildman–Crippen LogP) is 2.55. The average molecular weight is 376 g/mol. The molecule has 2 unspecified atom stereocenters. The van der Waals surface area contributed by atoms with Crippen molar-refractivity contribution in [1.82, 2.24) is 10.3 Å². The van der Waals surface area contributed by atoms with Gasteiger partial charge in [0.1, 0.15) is 5.82 Å². The van der Waals surface area contributed by atoms with Gasteiger partial charge in [0, 0.05) is 46.1 Å². The number of nitrogens with zero attached hydrogens (tertiary/aromatic N) is 1. The van der Waals surface area contributed by atoms with Crippen molar-refractivity contribution >= 4 is 38.5 Å². The van der Waals surface area contributed by atoms with Gasteiger partial charge in [-0.2, -0.15) is 0 Å². The lowest BCUT2D eigenvalue weighted by molar-refractivity contribution is 0.0940. The highest BCUT2D eigenvalue weighted by atomic mass is 79.9. The summed E-state index contributed by atoms with van der Waals surface area (Å²) < 4.78 is 11.9. The Morgan fingerprint density at radius 2 is 2.24 bits per heavy atom. The van der Waals surface area contributed by atoms with E-state index >= 15 is 0 Å². The van der Waals surface area contributed by atoms with Gasteiger partial charge in [0.25, 0.3) is 5.91 Å². The predicted molar refractivity (Wildman–Crippen MR) is 91.2 cm³/mol. The Bertz CT molecular complexity index is 511. The Balaban J connectivity index is 2.75. The van der Waals surface area contributed by atoms with Gasteiger partial charge in [0.2, 0.25) is 0 Å². The highest BCUT2D eigenvalue weighted by molar-refractivity contribution is 9.10. The first-order chi connectivity index (χ1) is 9.93. The zero-order chi connectivity index (χ0) is 15.8. The van der Waals surface area contributed by atoms with E-state index in [1.807, 2.05) is 6.92 Å². The van der Waals surface area contributed by atoms with Gasteiger partial charge in [-0.05, 0) is 41.8 Å². The number of carbonyl (C=O) groups is 1. The number of nitrogens with one attached hydrogen (secondary N) is 2. The molecule has 118 valence electrons. The van der Waals surface area contributed by atoms with Crippen LogP contribution in [0.2, 0.25) is 0 Å². The van der Waals surface area contributed by atoms with Crippen LogP contribution < -0.4 is 10.6 Å². The molecule has 2 atom stereocenters. The lowest BCUT2D eigenvalue weighted by Gasteiger charge is -2.15. The van der Waals surface area contributed by atoms with Crippen LogP contribution in [0.1, 0.15) is 37.0 Å². The number of pyridine rings is 1. The molecular formula is C14H22BrN3O2S. The van der Waals surface area contributed by atoms with E-state index in [0.29, 0.717) is 23.6 Å².